The molecule has 6 rings (SSSR count). The van der Waals surface area contributed by atoms with E-state index in [0.29, 0.717) is 48.2 Å². The predicted octanol–water partition coefficient (Wildman–Crippen LogP) is 7.12. The summed E-state index contributed by atoms with van der Waals surface area (Å²) >= 11 is 3.54. The molecule has 204 valence electrons. The summed E-state index contributed by atoms with van der Waals surface area (Å²) in [6.45, 7) is 9.32. The van der Waals surface area contributed by atoms with Gasteiger partial charge in [-0.2, -0.15) is 0 Å². The van der Waals surface area contributed by atoms with Crippen LogP contribution in [0.2, 0.25) is 0 Å². The van der Waals surface area contributed by atoms with Crippen LogP contribution in [0.3, 0.4) is 0 Å². The van der Waals surface area contributed by atoms with Crippen molar-refractivity contribution in [3.63, 3.8) is 0 Å². The van der Waals surface area contributed by atoms with Crippen molar-refractivity contribution in [1.29, 1.82) is 0 Å². The van der Waals surface area contributed by atoms with Gasteiger partial charge < -0.3 is 15.3 Å². The van der Waals surface area contributed by atoms with Crippen molar-refractivity contribution in [1.82, 2.24) is 10.3 Å². The van der Waals surface area contributed by atoms with Crippen LogP contribution in [-0.2, 0) is 9.63 Å². The number of hydrogen-bond donors (Lipinski definition) is 2. The largest absolute Gasteiger partial charge is 0.481 e. The van der Waals surface area contributed by atoms with Crippen LogP contribution in [-0.4, -0.2) is 33.2 Å². The van der Waals surface area contributed by atoms with Gasteiger partial charge >= 0.3 is 5.97 Å². The van der Waals surface area contributed by atoms with E-state index in [2.05, 4.69) is 39.6 Å². The highest BCUT2D eigenvalue weighted by Crippen LogP contribution is 2.51. The number of nitrogens with one attached hydrogen (secondary N) is 1. The van der Waals surface area contributed by atoms with Crippen LogP contribution < -0.4 is 5.32 Å². The quantitative estimate of drug-likeness (QED) is 0.163. The molecule has 0 aliphatic heterocycles. The number of amides is 1. The Bertz CT molecular complexity index is 1580. The molecular formula is C32H30BrN3O4. The van der Waals surface area contributed by atoms with Crippen molar-refractivity contribution in [3.05, 3.63) is 101 Å². The Morgan fingerprint density at radius 1 is 1.12 bits per heavy atom. The smallest absolute Gasteiger partial charge is 0.310 e. The number of hydrogen-bond acceptors (Lipinski definition) is 5. The number of benzene rings is 2. The zero-order chi connectivity index (χ0) is 28.5. The van der Waals surface area contributed by atoms with E-state index in [1.54, 1.807) is 12.2 Å². The molecule has 0 saturated heterocycles. The Kier molecular flexibility index (Phi) is 7.47. The Morgan fingerprint density at radius 2 is 1.85 bits per heavy atom. The number of fused-ring (bicyclic) bond motifs is 4. The number of carbonyl (C=O) groups excluding carboxylic acids is 1. The summed E-state index contributed by atoms with van der Waals surface area (Å²) in [7, 11) is 0. The molecule has 1 amide bonds. The van der Waals surface area contributed by atoms with Crippen LogP contribution in [0.25, 0.3) is 22.2 Å². The molecule has 3 aliphatic rings. The molecule has 0 radical (unpaired) electrons. The molecule has 2 aromatic carbocycles. The standard InChI is InChI=1S/C32H30BrN3O4/c1-4-9-23(5-2)40-36-26-19-31(30(38)39)14-16-32(26,17-15-31)35-29(37)27-20(3)28(21-10-7-6-8-11-21)34-25-13-12-22(33)18-24(25)27/h4-13,18H,1-2,14-17,19H2,3H3,(H,35,37)(H,38,39)/b23-9+,36-26+. The highest BCUT2D eigenvalue weighted by molar-refractivity contribution is 9.10. The monoisotopic (exact) mass is 599 g/mol. The van der Waals surface area contributed by atoms with Crippen molar-refractivity contribution < 1.29 is 19.5 Å². The van der Waals surface area contributed by atoms with Crippen LogP contribution in [0.15, 0.2) is 95.3 Å². The normalized spacial score (nSPS) is 23.1. The highest BCUT2D eigenvalue weighted by Gasteiger charge is 2.57. The molecule has 8 heteroatoms. The van der Waals surface area contributed by atoms with Crippen molar-refractivity contribution in [3.8, 4) is 11.3 Å². The van der Waals surface area contributed by atoms with Crippen LogP contribution in [0.4, 0.5) is 0 Å². The second kappa shape index (κ2) is 10.8. The Hall–Kier alpha value is -4.04. The first kappa shape index (κ1) is 27.5. The molecule has 1 aromatic heterocycles. The van der Waals surface area contributed by atoms with E-state index in [0.717, 1.165) is 26.7 Å². The number of carbonyl (C=O) groups is 2. The van der Waals surface area contributed by atoms with E-state index in [9.17, 15) is 14.7 Å². The topological polar surface area (TPSA) is 101 Å². The lowest BCUT2D eigenvalue weighted by Crippen LogP contribution is -2.64. The summed E-state index contributed by atoms with van der Waals surface area (Å²) in [6, 6.07) is 15.5. The molecule has 2 bridgehead atoms. The molecule has 2 N–H and O–H groups in total. The second-order valence-electron chi connectivity index (χ2n) is 10.4. The predicted molar refractivity (Wildman–Crippen MR) is 160 cm³/mol. The van der Waals surface area contributed by atoms with Gasteiger partial charge in [-0.05, 0) is 68.5 Å². The first-order valence-corrected chi connectivity index (χ1v) is 13.9. The summed E-state index contributed by atoms with van der Waals surface area (Å²) < 4.78 is 0.837. The fourth-order valence-corrected chi connectivity index (χ4v) is 6.22. The average Bonchev–Trinajstić information content (AvgIpc) is 2.96. The van der Waals surface area contributed by atoms with Crippen molar-refractivity contribution in [2.45, 2.75) is 44.6 Å². The fraction of sp³-hybridized carbons (Fsp3) is 0.250. The maximum absolute atomic E-state index is 14.3. The minimum Gasteiger partial charge on any atom is -0.481 e. The first-order chi connectivity index (χ1) is 19.2. The van der Waals surface area contributed by atoms with E-state index in [-0.39, 0.29) is 12.3 Å². The van der Waals surface area contributed by atoms with Gasteiger partial charge in [0.2, 0.25) is 0 Å². The van der Waals surface area contributed by atoms with Gasteiger partial charge in [-0.3, -0.25) is 9.59 Å². The Morgan fingerprint density at radius 3 is 2.50 bits per heavy atom. The number of allylic oxidation sites excluding steroid dienone is 3. The van der Waals surface area contributed by atoms with E-state index in [1.807, 2.05) is 55.5 Å². The third-order valence-corrected chi connectivity index (χ3v) is 8.63. The van der Waals surface area contributed by atoms with Gasteiger partial charge in [0.15, 0.2) is 5.76 Å². The van der Waals surface area contributed by atoms with Crippen LogP contribution in [0.1, 0.15) is 48.0 Å². The molecule has 1 heterocycles. The Balaban J connectivity index is 1.60. The summed E-state index contributed by atoms with van der Waals surface area (Å²) in [4.78, 5) is 37.1. The third kappa shape index (κ3) is 4.88. The number of carboxylic acid groups (broad SMARTS) is 1. The molecule has 40 heavy (non-hydrogen) atoms. The number of aromatic nitrogens is 1. The number of pyridine rings is 1. The molecule has 0 spiro atoms. The van der Waals surface area contributed by atoms with Gasteiger partial charge in [0.25, 0.3) is 5.91 Å². The van der Waals surface area contributed by atoms with Crippen LogP contribution in [0, 0.1) is 12.3 Å². The lowest BCUT2D eigenvalue weighted by molar-refractivity contribution is -0.152. The molecule has 7 nitrogen and oxygen atoms in total. The van der Waals surface area contributed by atoms with Crippen molar-refractivity contribution >= 4 is 44.4 Å². The van der Waals surface area contributed by atoms with Gasteiger partial charge in [0.05, 0.1) is 33.4 Å². The van der Waals surface area contributed by atoms with E-state index in [1.165, 1.54) is 6.08 Å². The fourth-order valence-electron chi connectivity index (χ4n) is 5.86. The molecule has 3 aromatic rings. The van der Waals surface area contributed by atoms with Crippen LogP contribution >= 0.6 is 15.9 Å². The Labute approximate surface area is 241 Å². The van der Waals surface area contributed by atoms with E-state index < -0.39 is 16.9 Å². The van der Waals surface area contributed by atoms with Gasteiger partial charge in [-0.1, -0.05) is 70.7 Å². The molecular weight excluding hydrogens is 570 g/mol. The minimum atomic E-state index is -0.921. The zero-order valence-corrected chi connectivity index (χ0v) is 23.8. The first-order valence-electron chi connectivity index (χ1n) is 13.1. The van der Waals surface area contributed by atoms with Crippen molar-refractivity contribution in [2.24, 2.45) is 10.6 Å². The van der Waals surface area contributed by atoms with Crippen molar-refractivity contribution in [2.75, 3.05) is 0 Å². The number of carboxylic acids is 1. The van der Waals surface area contributed by atoms with Gasteiger partial charge in [0, 0.05) is 21.8 Å². The highest BCUT2D eigenvalue weighted by atomic mass is 79.9. The number of nitrogens with zero attached hydrogens (tertiary/aromatic N) is 2. The minimum absolute atomic E-state index is 0.192. The lowest BCUT2D eigenvalue weighted by atomic mass is 9.56. The number of oxime groups is 1. The van der Waals surface area contributed by atoms with Crippen LogP contribution in [0.5, 0.6) is 0 Å². The molecule has 3 fully saturated rings. The maximum atomic E-state index is 14.3. The van der Waals surface area contributed by atoms with E-state index >= 15 is 0 Å². The maximum Gasteiger partial charge on any atom is 0.310 e. The SMILES string of the molecule is C=C/C=C(\C=C)O/N=C1\CC2(C(=O)O)CCC1(NC(=O)c1c(C)c(-c3ccccc3)nc3ccc(Br)cc13)CC2. The second-order valence-corrected chi connectivity index (χ2v) is 11.3. The summed E-state index contributed by atoms with van der Waals surface area (Å²) in [5, 5.41) is 18.5. The van der Waals surface area contributed by atoms with E-state index in [4.69, 9.17) is 9.82 Å². The van der Waals surface area contributed by atoms with Gasteiger partial charge in [-0.25, -0.2) is 4.98 Å². The van der Waals surface area contributed by atoms with Gasteiger partial charge in [0.1, 0.15) is 0 Å². The molecule has 0 atom stereocenters. The van der Waals surface area contributed by atoms with Gasteiger partial charge in [-0.15, -0.1) is 0 Å². The molecule has 0 unspecified atom stereocenters. The number of aliphatic carboxylic acids is 1. The molecule has 3 saturated carbocycles. The third-order valence-electron chi connectivity index (χ3n) is 8.13. The summed E-state index contributed by atoms with van der Waals surface area (Å²) in [6.07, 6.45) is 6.63. The average molecular weight is 601 g/mol. The lowest BCUT2D eigenvalue weighted by Gasteiger charge is -2.51. The number of rotatable bonds is 8. The summed E-state index contributed by atoms with van der Waals surface area (Å²) in [5.74, 6) is -0.731. The molecule has 3 aliphatic carbocycles. The zero-order valence-electron chi connectivity index (χ0n) is 22.2. The summed E-state index contributed by atoms with van der Waals surface area (Å²) in [5.41, 5.74) is 2.39. The number of halogens is 1.